The van der Waals surface area contributed by atoms with Crippen LogP contribution >= 0.6 is 11.8 Å². The average molecular weight is 193 g/mol. The van der Waals surface area contributed by atoms with Gasteiger partial charge in [0.1, 0.15) is 5.25 Å². The molecule has 66 valence electrons. The Hall–Kier alpha value is -1.29. The fraction of sp³-hybridized carbons (Fsp3) is 0.111. The summed E-state index contributed by atoms with van der Waals surface area (Å²) in [5.74, 6) is -0.802. The molecule has 0 aromatic heterocycles. The summed E-state index contributed by atoms with van der Waals surface area (Å²) in [5.41, 5.74) is 0.954. The molecule has 1 unspecified atom stereocenters. The molecule has 2 heterocycles. The van der Waals surface area contributed by atoms with Crippen molar-refractivity contribution in [3.05, 3.63) is 34.9 Å². The summed E-state index contributed by atoms with van der Waals surface area (Å²) in [6.07, 6.45) is 8.80. The predicted octanol–water partition coefficient (Wildman–Crippen LogP) is 1.59. The van der Waals surface area contributed by atoms with E-state index in [1.807, 2.05) is 6.08 Å². The summed E-state index contributed by atoms with van der Waals surface area (Å²) in [7, 11) is 0. The molecule has 0 spiro atoms. The van der Waals surface area contributed by atoms with Crippen LogP contribution in [0, 0.1) is 0 Å². The number of hydrogen-bond acceptors (Lipinski definition) is 3. The molecule has 0 fully saturated rings. The molecule has 0 aliphatic carbocycles. The normalized spacial score (nSPS) is 24.8. The molecule has 2 rings (SSSR count). The van der Waals surface area contributed by atoms with Crippen molar-refractivity contribution in [2.75, 3.05) is 0 Å². The average Bonchev–Trinajstić information content (AvgIpc) is 2.38. The molecule has 2 aliphatic rings. The summed E-state index contributed by atoms with van der Waals surface area (Å²) in [5, 5.41) is 8.32. The first-order chi connectivity index (χ1) is 6.27. The first-order valence-corrected chi connectivity index (χ1v) is 4.67. The van der Waals surface area contributed by atoms with Crippen molar-refractivity contribution in [3.63, 3.8) is 0 Å². The largest absolute Gasteiger partial charge is 0.480 e. The smallest absolute Gasteiger partial charge is 0.320 e. The third-order valence-corrected chi connectivity index (χ3v) is 2.94. The van der Waals surface area contributed by atoms with Gasteiger partial charge in [-0.05, 0) is 11.6 Å². The van der Waals surface area contributed by atoms with Crippen molar-refractivity contribution in [2.24, 2.45) is 4.99 Å². The Kier molecular flexibility index (Phi) is 2.06. The van der Waals surface area contributed by atoms with E-state index >= 15 is 0 Å². The van der Waals surface area contributed by atoms with E-state index in [0.717, 1.165) is 10.5 Å². The SMILES string of the molecule is O=C(O)C1C=C2C=CC=NC=C2S1. The fourth-order valence-electron chi connectivity index (χ4n) is 1.16. The highest BCUT2D eigenvalue weighted by Crippen LogP contribution is 2.38. The van der Waals surface area contributed by atoms with Gasteiger partial charge in [-0.25, -0.2) is 0 Å². The Morgan fingerprint density at radius 3 is 3.23 bits per heavy atom. The third kappa shape index (κ3) is 1.58. The van der Waals surface area contributed by atoms with Gasteiger partial charge in [0.25, 0.3) is 0 Å². The fourth-order valence-corrected chi connectivity index (χ4v) is 2.14. The zero-order chi connectivity index (χ0) is 9.26. The highest BCUT2D eigenvalue weighted by molar-refractivity contribution is 8.05. The molecule has 0 aromatic rings. The third-order valence-electron chi connectivity index (χ3n) is 1.75. The van der Waals surface area contributed by atoms with Crippen molar-refractivity contribution in [1.82, 2.24) is 0 Å². The number of hydrogen-bond donors (Lipinski definition) is 1. The maximum atomic E-state index is 10.7. The number of allylic oxidation sites excluding steroid dienone is 3. The lowest BCUT2D eigenvalue weighted by Crippen LogP contribution is -2.10. The second-order valence-corrected chi connectivity index (χ2v) is 3.83. The van der Waals surface area contributed by atoms with Gasteiger partial charge in [0.15, 0.2) is 0 Å². The standard InChI is InChI=1S/C9H7NO2S/c11-9(12)7-4-6-2-1-3-10-5-8(6)13-7/h1-5,7H,(H,11,12). The van der Waals surface area contributed by atoms with E-state index in [9.17, 15) is 4.79 Å². The summed E-state index contributed by atoms with van der Waals surface area (Å²) < 4.78 is 0. The van der Waals surface area contributed by atoms with E-state index in [0.29, 0.717) is 0 Å². The number of fused-ring (bicyclic) bond motifs is 1. The molecular formula is C9H7NO2S. The quantitative estimate of drug-likeness (QED) is 0.688. The van der Waals surface area contributed by atoms with Gasteiger partial charge in [0.05, 0.1) is 0 Å². The summed E-state index contributed by atoms with van der Waals surface area (Å²) in [6.45, 7) is 0. The van der Waals surface area contributed by atoms with Crippen molar-refractivity contribution in [3.8, 4) is 0 Å². The minimum atomic E-state index is -0.802. The molecule has 0 aromatic carbocycles. The minimum Gasteiger partial charge on any atom is -0.480 e. The number of rotatable bonds is 1. The number of nitrogens with zero attached hydrogens (tertiary/aromatic N) is 1. The summed E-state index contributed by atoms with van der Waals surface area (Å²) in [6, 6.07) is 0. The molecule has 2 aliphatic heterocycles. The van der Waals surface area contributed by atoms with Gasteiger partial charge in [-0.2, -0.15) is 0 Å². The lowest BCUT2D eigenvalue weighted by molar-refractivity contribution is -0.135. The lowest BCUT2D eigenvalue weighted by Gasteiger charge is -1.98. The predicted molar refractivity (Wildman–Crippen MR) is 52.8 cm³/mol. The van der Waals surface area contributed by atoms with Crippen LogP contribution in [-0.2, 0) is 4.79 Å². The van der Waals surface area contributed by atoms with Crippen molar-refractivity contribution < 1.29 is 9.90 Å². The van der Waals surface area contributed by atoms with E-state index < -0.39 is 11.2 Å². The van der Waals surface area contributed by atoms with Crippen LogP contribution in [0.4, 0.5) is 0 Å². The van der Waals surface area contributed by atoms with Crippen LogP contribution in [0.2, 0.25) is 0 Å². The number of carboxylic acids is 1. The van der Waals surface area contributed by atoms with Crippen LogP contribution in [0.5, 0.6) is 0 Å². The van der Waals surface area contributed by atoms with Crippen molar-refractivity contribution in [2.45, 2.75) is 5.25 Å². The van der Waals surface area contributed by atoms with Crippen LogP contribution in [0.3, 0.4) is 0 Å². The highest BCUT2D eigenvalue weighted by atomic mass is 32.2. The molecule has 3 nitrogen and oxygen atoms in total. The first-order valence-electron chi connectivity index (χ1n) is 3.79. The van der Waals surface area contributed by atoms with Crippen molar-refractivity contribution >= 4 is 23.9 Å². The Bertz CT molecular complexity index is 366. The molecule has 0 saturated heterocycles. The Labute approximate surface area is 79.6 Å². The zero-order valence-electron chi connectivity index (χ0n) is 6.68. The highest BCUT2D eigenvalue weighted by Gasteiger charge is 2.25. The molecule has 0 saturated carbocycles. The molecule has 1 N–H and O–H groups in total. The molecule has 13 heavy (non-hydrogen) atoms. The van der Waals surface area contributed by atoms with E-state index in [1.54, 1.807) is 24.6 Å². The number of aliphatic imine (C=N–C) groups is 1. The maximum absolute atomic E-state index is 10.7. The van der Waals surface area contributed by atoms with Crippen LogP contribution in [0.15, 0.2) is 39.9 Å². The summed E-state index contributed by atoms with van der Waals surface area (Å²) >= 11 is 1.32. The number of thioether (sulfide) groups is 1. The maximum Gasteiger partial charge on any atom is 0.320 e. The van der Waals surface area contributed by atoms with Crippen LogP contribution in [-0.4, -0.2) is 22.5 Å². The van der Waals surface area contributed by atoms with Crippen LogP contribution in [0.1, 0.15) is 0 Å². The first kappa shape index (κ1) is 8.31. The van der Waals surface area contributed by atoms with Gasteiger partial charge < -0.3 is 5.11 Å². The zero-order valence-corrected chi connectivity index (χ0v) is 7.49. The van der Waals surface area contributed by atoms with Gasteiger partial charge in [-0.1, -0.05) is 12.2 Å². The van der Waals surface area contributed by atoms with Gasteiger partial charge in [0, 0.05) is 17.3 Å². The van der Waals surface area contributed by atoms with Gasteiger partial charge >= 0.3 is 5.97 Å². The summed E-state index contributed by atoms with van der Waals surface area (Å²) in [4.78, 5) is 15.6. The number of aliphatic carboxylic acids is 1. The lowest BCUT2D eigenvalue weighted by atomic mass is 10.2. The van der Waals surface area contributed by atoms with Gasteiger partial charge in [-0.15, -0.1) is 11.8 Å². The Balaban J connectivity index is 2.31. The number of carboxylic acid groups (broad SMARTS) is 1. The molecule has 0 radical (unpaired) electrons. The van der Waals surface area contributed by atoms with Crippen LogP contribution in [0.25, 0.3) is 0 Å². The molecule has 0 amide bonds. The van der Waals surface area contributed by atoms with Crippen molar-refractivity contribution in [1.29, 1.82) is 0 Å². The minimum absolute atomic E-state index is 0.459. The van der Waals surface area contributed by atoms with Gasteiger partial charge in [-0.3, -0.25) is 9.79 Å². The number of carbonyl (C=O) groups is 1. The van der Waals surface area contributed by atoms with E-state index in [4.69, 9.17) is 5.11 Å². The Morgan fingerprint density at radius 2 is 2.46 bits per heavy atom. The van der Waals surface area contributed by atoms with E-state index in [-0.39, 0.29) is 0 Å². The van der Waals surface area contributed by atoms with E-state index in [1.165, 1.54) is 11.8 Å². The van der Waals surface area contributed by atoms with Crippen LogP contribution < -0.4 is 0 Å². The van der Waals surface area contributed by atoms with Gasteiger partial charge in [0.2, 0.25) is 0 Å². The second kappa shape index (κ2) is 3.22. The topological polar surface area (TPSA) is 49.7 Å². The van der Waals surface area contributed by atoms with E-state index in [2.05, 4.69) is 4.99 Å². The molecular weight excluding hydrogens is 186 g/mol. The monoisotopic (exact) mass is 193 g/mol. The Morgan fingerprint density at radius 1 is 1.62 bits per heavy atom. The molecule has 1 atom stereocenters. The second-order valence-electron chi connectivity index (χ2n) is 2.65. The molecule has 4 heteroatoms. The molecule has 0 bridgehead atoms.